The largest absolute Gasteiger partial charge is 0.493 e. The number of hydrogen-bond donors (Lipinski definition) is 1. The lowest BCUT2D eigenvalue weighted by molar-refractivity contribution is 0.242. The molecule has 0 aliphatic carbocycles. The fourth-order valence-corrected chi connectivity index (χ4v) is 3.57. The molecule has 0 saturated carbocycles. The van der Waals surface area contributed by atoms with Crippen LogP contribution in [0.4, 0.5) is 5.69 Å². The first-order valence-corrected chi connectivity index (χ1v) is 8.80. The average Bonchev–Trinajstić information content (AvgIpc) is 2.80. The van der Waals surface area contributed by atoms with Crippen molar-refractivity contribution in [3.8, 4) is 11.6 Å². The molecule has 1 heterocycles. The van der Waals surface area contributed by atoms with Crippen molar-refractivity contribution in [1.82, 2.24) is 4.57 Å². The monoisotopic (exact) mass is 402 g/mol. The van der Waals surface area contributed by atoms with Crippen LogP contribution in [0.25, 0.3) is 10.9 Å². The Hall–Kier alpha value is -2.34. The van der Waals surface area contributed by atoms with E-state index < -0.39 is 0 Å². The Morgan fingerprint density at radius 2 is 1.92 bits per heavy atom. The van der Waals surface area contributed by atoms with Gasteiger partial charge in [0.1, 0.15) is 5.75 Å². The molecule has 0 spiro atoms. The van der Waals surface area contributed by atoms with Gasteiger partial charge >= 0.3 is 0 Å². The van der Waals surface area contributed by atoms with E-state index in [1.54, 1.807) is 10.6 Å². The Morgan fingerprint density at radius 3 is 2.52 bits per heavy atom. The van der Waals surface area contributed by atoms with Crippen molar-refractivity contribution in [2.45, 2.75) is 33.4 Å². The molecule has 0 aliphatic rings. The quantitative estimate of drug-likeness (QED) is 0.560. The van der Waals surface area contributed by atoms with Gasteiger partial charge < -0.3 is 14.4 Å². The second kappa shape index (κ2) is 6.88. The summed E-state index contributed by atoms with van der Waals surface area (Å²) in [4.78, 5) is 11.2. The number of benzene rings is 2. The summed E-state index contributed by atoms with van der Waals surface area (Å²) >= 11 is 3.43. The third kappa shape index (κ3) is 3.39. The van der Waals surface area contributed by atoms with Crippen LogP contribution in [0.1, 0.15) is 25.0 Å². The smallest absolute Gasteiger partial charge is 0.222 e. The number of hydrogen-bond acceptors (Lipinski definition) is 4. The molecular weight excluding hydrogens is 384 g/mol. The highest BCUT2D eigenvalue weighted by molar-refractivity contribution is 9.10. The first-order chi connectivity index (χ1) is 11.9. The number of rotatable bonds is 5. The average molecular weight is 403 g/mol. The van der Waals surface area contributed by atoms with E-state index in [0.29, 0.717) is 11.9 Å². The van der Waals surface area contributed by atoms with Crippen LogP contribution in [0.2, 0.25) is 0 Å². The summed E-state index contributed by atoms with van der Waals surface area (Å²) < 4.78 is 8.21. The molecular formula is C19H19BrN2O3. The van der Waals surface area contributed by atoms with Crippen LogP contribution in [0, 0.1) is 11.8 Å². The van der Waals surface area contributed by atoms with Crippen LogP contribution in [0.3, 0.4) is 0 Å². The number of aromatic nitrogens is 1. The van der Waals surface area contributed by atoms with Crippen molar-refractivity contribution in [1.29, 1.82) is 0 Å². The summed E-state index contributed by atoms with van der Waals surface area (Å²) in [6, 6.07) is 11.5. The van der Waals surface area contributed by atoms with Gasteiger partial charge in [0.05, 0.1) is 18.2 Å². The molecule has 0 saturated heterocycles. The molecule has 0 unspecified atom stereocenters. The van der Waals surface area contributed by atoms with Gasteiger partial charge in [0.2, 0.25) is 5.88 Å². The van der Waals surface area contributed by atoms with Gasteiger partial charge in [-0.1, -0.05) is 28.1 Å². The van der Waals surface area contributed by atoms with E-state index in [1.807, 2.05) is 51.1 Å². The SMILES string of the molecule is Cc1cc(Br)cc2c(N=O)c(O)n(Cc3ccc(OC(C)C)cc3)c12. The van der Waals surface area contributed by atoms with E-state index in [2.05, 4.69) is 21.1 Å². The molecule has 1 aromatic heterocycles. The van der Waals surface area contributed by atoms with Crippen molar-refractivity contribution in [2.75, 3.05) is 0 Å². The Labute approximate surface area is 154 Å². The number of ether oxygens (including phenoxy) is 1. The fourth-order valence-electron chi connectivity index (χ4n) is 3.00. The molecule has 2 aromatic carbocycles. The number of halogens is 1. The van der Waals surface area contributed by atoms with Crippen LogP contribution in [-0.2, 0) is 6.54 Å². The summed E-state index contributed by atoms with van der Waals surface area (Å²) in [7, 11) is 0. The normalized spacial score (nSPS) is 11.2. The molecule has 0 amide bonds. The molecule has 25 heavy (non-hydrogen) atoms. The highest BCUT2D eigenvalue weighted by atomic mass is 79.9. The van der Waals surface area contributed by atoms with Crippen molar-refractivity contribution >= 4 is 32.5 Å². The van der Waals surface area contributed by atoms with Gasteiger partial charge in [0.25, 0.3) is 0 Å². The summed E-state index contributed by atoms with van der Waals surface area (Å²) in [6.45, 7) is 6.33. The minimum atomic E-state index is -0.117. The molecule has 130 valence electrons. The molecule has 6 heteroatoms. The van der Waals surface area contributed by atoms with Gasteiger partial charge in [0, 0.05) is 9.86 Å². The molecule has 0 atom stereocenters. The maximum Gasteiger partial charge on any atom is 0.222 e. The zero-order chi connectivity index (χ0) is 18.1. The Kier molecular flexibility index (Phi) is 4.81. The van der Waals surface area contributed by atoms with Gasteiger partial charge in [-0.15, -0.1) is 4.91 Å². The van der Waals surface area contributed by atoms with Crippen LogP contribution in [-0.4, -0.2) is 15.8 Å². The van der Waals surface area contributed by atoms with Crippen LogP contribution >= 0.6 is 15.9 Å². The molecule has 5 nitrogen and oxygen atoms in total. The second-order valence-electron chi connectivity index (χ2n) is 6.28. The molecule has 3 aromatic rings. The molecule has 3 rings (SSSR count). The zero-order valence-electron chi connectivity index (χ0n) is 14.3. The minimum absolute atomic E-state index is 0.0687. The Bertz CT molecular complexity index is 930. The number of fused-ring (bicyclic) bond motifs is 1. The van der Waals surface area contributed by atoms with E-state index in [4.69, 9.17) is 4.74 Å². The first kappa shape index (κ1) is 17.5. The van der Waals surface area contributed by atoms with E-state index >= 15 is 0 Å². The predicted octanol–water partition coefficient (Wildman–Crippen LogP) is 5.65. The summed E-state index contributed by atoms with van der Waals surface area (Å²) in [5.41, 5.74) is 2.81. The lowest BCUT2D eigenvalue weighted by Crippen LogP contribution is -2.05. The van der Waals surface area contributed by atoms with Gasteiger partial charge in [0.15, 0.2) is 5.69 Å². The third-order valence-corrected chi connectivity index (χ3v) is 4.44. The summed E-state index contributed by atoms with van der Waals surface area (Å²) in [6.07, 6.45) is 0.116. The molecule has 0 aliphatic heterocycles. The van der Waals surface area contributed by atoms with Crippen LogP contribution in [0.5, 0.6) is 11.6 Å². The molecule has 0 radical (unpaired) electrons. The van der Waals surface area contributed by atoms with Gasteiger partial charge in [-0.3, -0.25) is 0 Å². The number of aryl methyl sites for hydroxylation is 1. The van der Waals surface area contributed by atoms with Crippen LogP contribution in [0.15, 0.2) is 46.0 Å². The Balaban J connectivity index is 2.04. The standard InChI is InChI=1S/C19H19BrN2O3/c1-11(2)25-15-6-4-13(5-7-15)10-22-18-12(3)8-14(20)9-16(18)17(21-24)19(22)23/h4-9,11,23H,10H2,1-3H3. The molecule has 1 N–H and O–H groups in total. The highest BCUT2D eigenvalue weighted by Crippen LogP contribution is 2.41. The van der Waals surface area contributed by atoms with Crippen LogP contribution < -0.4 is 4.74 Å². The van der Waals surface area contributed by atoms with Gasteiger partial charge in [-0.05, 0) is 61.3 Å². The zero-order valence-corrected chi connectivity index (χ0v) is 15.9. The lowest BCUT2D eigenvalue weighted by Gasteiger charge is -2.12. The number of nitrogens with zero attached hydrogens (tertiary/aromatic N) is 2. The maximum absolute atomic E-state index is 11.2. The van der Waals surface area contributed by atoms with Gasteiger partial charge in [-0.2, -0.15) is 0 Å². The van der Waals surface area contributed by atoms with E-state index in [0.717, 1.165) is 26.9 Å². The van der Waals surface area contributed by atoms with Crippen molar-refractivity contribution in [3.63, 3.8) is 0 Å². The molecule has 0 fully saturated rings. The van der Waals surface area contributed by atoms with E-state index in [-0.39, 0.29) is 17.7 Å². The predicted molar refractivity (Wildman–Crippen MR) is 103 cm³/mol. The highest BCUT2D eigenvalue weighted by Gasteiger charge is 2.20. The topological polar surface area (TPSA) is 63.8 Å². The fraction of sp³-hybridized carbons (Fsp3) is 0.263. The van der Waals surface area contributed by atoms with E-state index in [1.165, 1.54) is 0 Å². The first-order valence-electron chi connectivity index (χ1n) is 8.01. The third-order valence-electron chi connectivity index (χ3n) is 3.98. The minimum Gasteiger partial charge on any atom is -0.493 e. The Morgan fingerprint density at radius 1 is 1.24 bits per heavy atom. The summed E-state index contributed by atoms with van der Waals surface area (Å²) in [5, 5.41) is 14.2. The summed E-state index contributed by atoms with van der Waals surface area (Å²) in [5.74, 6) is 0.685. The van der Waals surface area contributed by atoms with Crippen molar-refractivity contribution in [2.24, 2.45) is 5.18 Å². The number of nitroso groups, excluding NO2 is 1. The van der Waals surface area contributed by atoms with Gasteiger partial charge in [-0.25, -0.2) is 0 Å². The number of aromatic hydroxyl groups is 1. The maximum atomic E-state index is 11.2. The second-order valence-corrected chi connectivity index (χ2v) is 7.19. The van der Waals surface area contributed by atoms with E-state index in [9.17, 15) is 10.0 Å². The van der Waals surface area contributed by atoms with Crippen molar-refractivity contribution < 1.29 is 9.84 Å². The lowest BCUT2D eigenvalue weighted by atomic mass is 10.1. The molecule has 0 bridgehead atoms. The van der Waals surface area contributed by atoms with Crippen molar-refractivity contribution in [3.05, 3.63) is 56.9 Å².